The second kappa shape index (κ2) is 8.31. The van der Waals surface area contributed by atoms with E-state index in [2.05, 4.69) is 33.8 Å². The Morgan fingerprint density at radius 3 is 2.67 bits per heavy atom. The molecule has 0 spiro atoms. The number of rotatable bonds is 9. The summed E-state index contributed by atoms with van der Waals surface area (Å²) in [5.41, 5.74) is 0.545. The third kappa shape index (κ3) is 5.61. The first-order chi connectivity index (χ1) is 9.88. The molecule has 6 nitrogen and oxygen atoms in total. The summed E-state index contributed by atoms with van der Waals surface area (Å²) in [7, 11) is -1.63. The van der Waals surface area contributed by atoms with Crippen molar-refractivity contribution in [3.8, 4) is 0 Å². The van der Waals surface area contributed by atoms with Crippen molar-refractivity contribution in [2.75, 3.05) is 32.0 Å². The molecule has 0 fully saturated rings. The Labute approximate surface area is 128 Å². The lowest BCUT2D eigenvalue weighted by Crippen LogP contribution is -2.36. The molecule has 1 rings (SSSR count). The summed E-state index contributed by atoms with van der Waals surface area (Å²) in [5.74, 6) is 0. The second-order valence-electron chi connectivity index (χ2n) is 5.26. The summed E-state index contributed by atoms with van der Waals surface area (Å²) in [6.07, 6.45) is 2.41. The molecule has 2 N–H and O–H groups in total. The summed E-state index contributed by atoms with van der Waals surface area (Å²) >= 11 is 0. The van der Waals surface area contributed by atoms with Crippen LogP contribution in [0.4, 0.5) is 5.69 Å². The Morgan fingerprint density at radius 2 is 2.05 bits per heavy atom. The number of pyridine rings is 1. The molecule has 7 heteroatoms. The van der Waals surface area contributed by atoms with Crippen LogP contribution in [0.3, 0.4) is 0 Å². The topological polar surface area (TPSA) is 74.3 Å². The predicted molar refractivity (Wildman–Crippen MR) is 86.0 cm³/mol. The molecule has 0 saturated carbocycles. The molecule has 0 aliphatic carbocycles. The van der Waals surface area contributed by atoms with Crippen molar-refractivity contribution in [2.45, 2.75) is 38.3 Å². The number of nitrogens with zero attached hydrogens (tertiary/aromatic N) is 2. The average Bonchev–Trinajstić information content (AvgIpc) is 2.45. The van der Waals surface area contributed by atoms with Crippen LogP contribution in [0.1, 0.15) is 27.2 Å². The number of hydrogen-bond donors (Lipinski definition) is 2. The maximum absolute atomic E-state index is 12.3. The van der Waals surface area contributed by atoms with E-state index < -0.39 is 10.0 Å². The molecule has 1 heterocycles. The minimum Gasteiger partial charge on any atom is -0.383 e. The molecule has 0 saturated heterocycles. The number of hydrogen-bond acceptors (Lipinski definition) is 5. The zero-order chi connectivity index (χ0) is 15.9. The fourth-order valence-corrected chi connectivity index (χ4v) is 2.81. The fourth-order valence-electron chi connectivity index (χ4n) is 1.68. The van der Waals surface area contributed by atoms with Gasteiger partial charge in [0.15, 0.2) is 5.03 Å². The highest BCUT2D eigenvalue weighted by Gasteiger charge is 2.19. The molecule has 1 aromatic heterocycles. The fraction of sp³-hybridized carbons (Fsp3) is 0.643. The Morgan fingerprint density at radius 1 is 1.33 bits per heavy atom. The zero-order valence-electron chi connectivity index (χ0n) is 13.3. The van der Waals surface area contributed by atoms with E-state index in [1.165, 1.54) is 6.20 Å². The van der Waals surface area contributed by atoms with Crippen molar-refractivity contribution in [3.63, 3.8) is 0 Å². The monoisotopic (exact) mass is 314 g/mol. The molecule has 120 valence electrons. The first-order valence-corrected chi connectivity index (χ1v) is 8.75. The van der Waals surface area contributed by atoms with Crippen LogP contribution in [0.25, 0.3) is 0 Å². The van der Waals surface area contributed by atoms with Gasteiger partial charge in [0.25, 0.3) is 10.0 Å². The van der Waals surface area contributed by atoms with Gasteiger partial charge in [-0.25, -0.2) is 18.1 Å². The number of likely N-dealkylation sites (N-methyl/N-ethyl adjacent to an activating group) is 1. The van der Waals surface area contributed by atoms with Gasteiger partial charge in [-0.15, -0.1) is 0 Å². The minimum atomic E-state index is -3.59. The number of nitrogens with one attached hydrogen (secondary N) is 2. The lowest BCUT2D eigenvalue weighted by molar-refractivity contribution is 0.278. The molecule has 21 heavy (non-hydrogen) atoms. The standard InChI is InChI=1S/C14H26N4O2S/c1-5-8-15-13-7-6-9-16-14(13)21(19,20)17-10-11-18(4)12(2)3/h6-7,9,12,15,17H,5,8,10-11H2,1-4H3. The van der Waals surface area contributed by atoms with E-state index >= 15 is 0 Å². The van der Waals surface area contributed by atoms with Crippen LogP contribution in [0.5, 0.6) is 0 Å². The predicted octanol–water partition coefficient (Wildman–Crippen LogP) is 1.52. The van der Waals surface area contributed by atoms with E-state index in [4.69, 9.17) is 0 Å². The highest BCUT2D eigenvalue weighted by atomic mass is 32.2. The van der Waals surface area contributed by atoms with Crippen LogP contribution in [0.15, 0.2) is 23.4 Å². The van der Waals surface area contributed by atoms with E-state index in [-0.39, 0.29) is 5.03 Å². The van der Waals surface area contributed by atoms with Crippen molar-refractivity contribution < 1.29 is 8.42 Å². The van der Waals surface area contributed by atoms with Gasteiger partial charge >= 0.3 is 0 Å². The molecular formula is C14H26N4O2S. The molecule has 0 radical (unpaired) electrons. The second-order valence-corrected chi connectivity index (χ2v) is 6.94. The van der Waals surface area contributed by atoms with Crippen LogP contribution in [0, 0.1) is 0 Å². The quantitative estimate of drug-likeness (QED) is 0.723. The van der Waals surface area contributed by atoms with Crippen LogP contribution in [0.2, 0.25) is 0 Å². The van der Waals surface area contributed by atoms with Gasteiger partial charge in [-0.05, 0) is 39.4 Å². The summed E-state index contributed by atoms with van der Waals surface area (Å²) < 4.78 is 27.3. The van der Waals surface area contributed by atoms with E-state index in [0.717, 1.165) is 6.42 Å². The van der Waals surface area contributed by atoms with Crippen molar-refractivity contribution in [3.05, 3.63) is 18.3 Å². The van der Waals surface area contributed by atoms with E-state index in [9.17, 15) is 8.42 Å². The third-order valence-electron chi connectivity index (χ3n) is 3.23. The van der Waals surface area contributed by atoms with Crippen molar-refractivity contribution in [1.82, 2.24) is 14.6 Å². The smallest absolute Gasteiger partial charge is 0.260 e. The highest BCUT2D eigenvalue weighted by molar-refractivity contribution is 7.89. The van der Waals surface area contributed by atoms with E-state index in [0.29, 0.717) is 31.4 Å². The number of aromatic nitrogens is 1. The normalized spacial score (nSPS) is 12.1. The third-order valence-corrected chi connectivity index (χ3v) is 4.65. The molecule has 0 aromatic carbocycles. The highest BCUT2D eigenvalue weighted by Crippen LogP contribution is 2.17. The Hall–Kier alpha value is -1.18. The summed E-state index contributed by atoms with van der Waals surface area (Å²) in [5, 5.41) is 3.16. The zero-order valence-corrected chi connectivity index (χ0v) is 14.1. The lowest BCUT2D eigenvalue weighted by Gasteiger charge is -2.21. The van der Waals surface area contributed by atoms with Gasteiger partial charge in [-0.2, -0.15) is 0 Å². The summed E-state index contributed by atoms with van der Waals surface area (Å²) in [6.45, 7) is 7.89. The molecule has 0 aliphatic rings. The molecule has 1 aromatic rings. The van der Waals surface area contributed by atoms with Gasteiger partial charge in [0, 0.05) is 31.9 Å². The average molecular weight is 314 g/mol. The minimum absolute atomic E-state index is 0.0608. The van der Waals surface area contributed by atoms with E-state index in [1.807, 2.05) is 14.0 Å². The van der Waals surface area contributed by atoms with Crippen LogP contribution in [-0.4, -0.2) is 51.0 Å². The van der Waals surface area contributed by atoms with E-state index in [1.54, 1.807) is 12.1 Å². The van der Waals surface area contributed by atoms with Gasteiger partial charge in [0.2, 0.25) is 0 Å². The molecule has 0 bridgehead atoms. The first kappa shape index (κ1) is 17.9. The lowest BCUT2D eigenvalue weighted by atomic mass is 10.3. The molecule has 0 atom stereocenters. The largest absolute Gasteiger partial charge is 0.383 e. The van der Waals surface area contributed by atoms with Crippen molar-refractivity contribution in [1.29, 1.82) is 0 Å². The van der Waals surface area contributed by atoms with Gasteiger partial charge < -0.3 is 10.2 Å². The maximum Gasteiger partial charge on any atom is 0.260 e. The Balaban J connectivity index is 2.74. The number of sulfonamides is 1. The van der Waals surface area contributed by atoms with Crippen molar-refractivity contribution >= 4 is 15.7 Å². The van der Waals surface area contributed by atoms with Crippen LogP contribution < -0.4 is 10.0 Å². The molecule has 0 amide bonds. The number of anilines is 1. The van der Waals surface area contributed by atoms with Gasteiger partial charge in [0.05, 0.1) is 5.69 Å². The van der Waals surface area contributed by atoms with Crippen LogP contribution in [-0.2, 0) is 10.0 Å². The molecule has 0 unspecified atom stereocenters. The summed E-state index contributed by atoms with van der Waals surface area (Å²) in [6, 6.07) is 3.84. The van der Waals surface area contributed by atoms with Crippen molar-refractivity contribution in [2.24, 2.45) is 0 Å². The molecule has 0 aliphatic heterocycles. The van der Waals surface area contributed by atoms with Gasteiger partial charge in [-0.3, -0.25) is 0 Å². The summed E-state index contributed by atoms with van der Waals surface area (Å²) in [4.78, 5) is 6.09. The molecular weight excluding hydrogens is 288 g/mol. The Kier molecular flexibility index (Phi) is 7.07. The van der Waals surface area contributed by atoms with Gasteiger partial charge in [0.1, 0.15) is 0 Å². The Bertz CT molecular complexity index is 532. The first-order valence-electron chi connectivity index (χ1n) is 7.27. The van der Waals surface area contributed by atoms with Gasteiger partial charge in [-0.1, -0.05) is 6.92 Å². The SMILES string of the molecule is CCCNc1cccnc1S(=O)(=O)NCCN(C)C(C)C. The van der Waals surface area contributed by atoms with Crippen LogP contribution >= 0.6 is 0 Å². The maximum atomic E-state index is 12.3.